The molecule has 0 bridgehead atoms. The molecule has 0 aliphatic carbocycles. The van der Waals surface area contributed by atoms with Crippen molar-refractivity contribution < 1.29 is 19.8 Å². The van der Waals surface area contributed by atoms with Crippen LogP contribution < -0.4 is 5.32 Å². The summed E-state index contributed by atoms with van der Waals surface area (Å²) in [6.07, 6.45) is 0. The van der Waals surface area contributed by atoms with Crippen LogP contribution in [0.3, 0.4) is 0 Å². The van der Waals surface area contributed by atoms with Crippen LogP contribution in [0.1, 0.15) is 20.7 Å². The maximum absolute atomic E-state index is 11.0. The summed E-state index contributed by atoms with van der Waals surface area (Å²) in [5.74, 6) is -1.95. The summed E-state index contributed by atoms with van der Waals surface area (Å²) < 4.78 is 0. The Morgan fingerprint density at radius 1 is 0.923 bits per heavy atom. The van der Waals surface area contributed by atoms with Crippen LogP contribution in [-0.2, 0) is 0 Å². The van der Waals surface area contributed by atoms with Gasteiger partial charge in [-0.3, -0.25) is 14.9 Å². The second-order valence-corrected chi connectivity index (χ2v) is 2.67. The third kappa shape index (κ3) is 0.936. The predicted molar refractivity (Wildman–Crippen MR) is 41.6 cm³/mol. The number of phenols is 2. The van der Waals surface area contributed by atoms with E-state index in [1.807, 2.05) is 5.32 Å². The van der Waals surface area contributed by atoms with Gasteiger partial charge in [-0.25, -0.2) is 0 Å². The molecule has 0 atom stereocenters. The summed E-state index contributed by atoms with van der Waals surface area (Å²) in [6.45, 7) is 0. The van der Waals surface area contributed by atoms with Gasteiger partial charge in [0, 0.05) is 0 Å². The number of phenolic OH excluding ortho intramolecular Hbond substituents is 2. The number of carbonyl (C=O) groups is 2. The summed E-state index contributed by atoms with van der Waals surface area (Å²) in [5, 5.41) is 20.1. The maximum Gasteiger partial charge on any atom is 0.259 e. The van der Waals surface area contributed by atoms with E-state index in [0.29, 0.717) is 0 Å². The summed E-state index contributed by atoms with van der Waals surface area (Å²) in [7, 11) is 0. The van der Waals surface area contributed by atoms with Gasteiger partial charge in [0.2, 0.25) is 0 Å². The van der Waals surface area contributed by atoms with E-state index in [0.717, 1.165) is 12.1 Å². The Balaban J connectivity index is 2.72. The van der Waals surface area contributed by atoms with Gasteiger partial charge in [-0.1, -0.05) is 0 Å². The highest BCUT2D eigenvalue weighted by Gasteiger charge is 2.28. The van der Waals surface area contributed by atoms with Gasteiger partial charge in [-0.15, -0.1) is 0 Å². The Bertz CT molecular complexity index is 385. The standard InChI is InChI=1S/C8H5NO4/c10-5-1-3-4(2-6(5)11)8(13)9-7(3)12/h1-2,10-11H,(H,9,12,13). The quantitative estimate of drug-likeness (QED) is 0.386. The van der Waals surface area contributed by atoms with E-state index in [-0.39, 0.29) is 11.1 Å². The minimum absolute atomic E-state index is 0.0836. The molecule has 3 N–H and O–H groups in total. The summed E-state index contributed by atoms with van der Waals surface area (Å²) in [4.78, 5) is 22.0. The molecular weight excluding hydrogens is 174 g/mol. The molecule has 0 spiro atoms. The zero-order chi connectivity index (χ0) is 9.59. The fourth-order valence-electron chi connectivity index (χ4n) is 1.19. The van der Waals surface area contributed by atoms with Crippen LogP contribution in [0.5, 0.6) is 11.5 Å². The number of carbonyl (C=O) groups excluding carboxylic acids is 2. The molecule has 0 radical (unpaired) electrons. The van der Waals surface area contributed by atoms with Gasteiger partial charge in [-0.2, -0.15) is 0 Å². The van der Waals surface area contributed by atoms with E-state index in [1.54, 1.807) is 0 Å². The fraction of sp³-hybridized carbons (Fsp3) is 0. The highest BCUT2D eigenvalue weighted by Crippen LogP contribution is 2.30. The Morgan fingerprint density at radius 3 is 1.69 bits per heavy atom. The van der Waals surface area contributed by atoms with Crippen molar-refractivity contribution in [3.8, 4) is 11.5 Å². The van der Waals surface area contributed by atoms with Crippen LogP contribution in [0.4, 0.5) is 0 Å². The number of nitrogens with one attached hydrogen (secondary N) is 1. The predicted octanol–water partition coefficient (Wildman–Crippen LogP) is -0.0186. The number of aromatic hydroxyl groups is 2. The van der Waals surface area contributed by atoms with Gasteiger partial charge in [0.05, 0.1) is 11.1 Å². The number of fused-ring (bicyclic) bond motifs is 1. The molecule has 1 aromatic carbocycles. The zero-order valence-corrected chi connectivity index (χ0v) is 6.37. The zero-order valence-electron chi connectivity index (χ0n) is 6.37. The molecule has 0 saturated heterocycles. The van der Waals surface area contributed by atoms with E-state index in [4.69, 9.17) is 10.2 Å². The van der Waals surface area contributed by atoms with Gasteiger partial charge in [0.15, 0.2) is 11.5 Å². The fourth-order valence-corrected chi connectivity index (χ4v) is 1.19. The Hall–Kier alpha value is -2.04. The van der Waals surface area contributed by atoms with Crippen LogP contribution in [0, 0.1) is 0 Å². The molecule has 0 saturated carbocycles. The number of amides is 2. The lowest BCUT2D eigenvalue weighted by atomic mass is 10.1. The smallest absolute Gasteiger partial charge is 0.259 e. The molecule has 66 valence electrons. The van der Waals surface area contributed by atoms with Gasteiger partial charge in [0.1, 0.15) is 0 Å². The third-order valence-electron chi connectivity index (χ3n) is 1.83. The van der Waals surface area contributed by atoms with Crippen LogP contribution in [0.25, 0.3) is 0 Å². The lowest BCUT2D eigenvalue weighted by molar-refractivity contribution is 0.0879. The van der Waals surface area contributed by atoms with Crippen molar-refractivity contribution in [2.75, 3.05) is 0 Å². The first kappa shape index (κ1) is 7.60. The molecule has 2 amide bonds. The van der Waals surface area contributed by atoms with E-state index in [9.17, 15) is 9.59 Å². The largest absolute Gasteiger partial charge is 0.504 e. The molecule has 5 heteroatoms. The lowest BCUT2D eigenvalue weighted by Crippen LogP contribution is -2.19. The molecular formula is C8H5NO4. The number of benzene rings is 1. The number of imide groups is 1. The summed E-state index contributed by atoms with van der Waals surface area (Å²) >= 11 is 0. The minimum Gasteiger partial charge on any atom is -0.504 e. The van der Waals surface area contributed by atoms with E-state index in [2.05, 4.69) is 0 Å². The molecule has 1 aromatic rings. The summed E-state index contributed by atoms with van der Waals surface area (Å²) in [6, 6.07) is 2.12. The number of hydrogen-bond donors (Lipinski definition) is 3. The van der Waals surface area contributed by atoms with Crippen molar-refractivity contribution in [1.29, 1.82) is 0 Å². The van der Waals surface area contributed by atoms with Crippen molar-refractivity contribution in [1.82, 2.24) is 5.32 Å². The Kier molecular flexibility index (Phi) is 1.30. The van der Waals surface area contributed by atoms with Gasteiger partial charge in [0.25, 0.3) is 11.8 Å². The van der Waals surface area contributed by atoms with Gasteiger partial charge in [-0.05, 0) is 12.1 Å². The highest BCUT2D eigenvalue weighted by molar-refractivity contribution is 6.21. The minimum atomic E-state index is -0.560. The van der Waals surface area contributed by atoms with Crippen LogP contribution in [-0.4, -0.2) is 22.0 Å². The average Bonchev–Trinajstić information content (AvgIpc) is 2.31. The average molecular weight is 179 g/mol. The Labute approximate surface area is 72.6 Å². The molecule has 1 heterocycles. The molecule has 1 aliphatic heterocycles. The molecule has 2 rings (SSSR count). The Morgan fingerprint density at radius 2 is 1.31 bits per heavy atom. The second kappa shape index (κ2) is 2.22. The van der Waals surface area contributed by atoms with E-state index < -0.39 is 23.3 Å². The third-order valence-corrected chi connectivity index (χ3v) is 1.83. The number of hydrogen-bond acceptors (Lipinski definition) is 4. The van der Waals surface area contributed by atoms with E-state index >= 15 is 0 Å². The van der Waals surface area contributed by atoms with Crippen molar-refractivity contribution in [3.05, 3.63) is 23.3 Å². The molecule has 0 aromatic heterocycles. The summed E-state index contributed by atoms with van der Waals surface area (Å²) in [5.41, 5.74) is 0.167. The van der Waals surface area contributed by atoms with Crippen molar-refractivity contribution in [2.45, 2.75) is 0 Å². The van der Waals surface area contributed by atoms with Crippen LogP contribution >= 0.6 is 0 Å². The monoisotopic (exact) mass is 179 g/mol. The molecule has 13 heavy (non-hydrogen) atoms. The van der Waals surface area contributed by atoms with Crippen LogP contribution in [0.2, 0.25) is 0 Å². The van der Waals surface area contributed by atoms with Crippen LogP contribution in [0.15, 0.2) is 12.1 Å². The van der Waals surface area contributed by atoms with Gasteiger partial charge < -0.3 is 10.2 Å². The first-order valence-corrected chi connectivity index (χ1v) is 3.51. The van der Waals surface area contributed by atoms with Gasteiger partial charge >= 0.3 is 0 Å². The normalized spacial score (nSPS) is 14.2. The van der Waals surface area contributed by atoms with Crippen molar-refractivity contribution >= 4 is 11.8 Å². The SMILES string of the molecule is O=C1NC(=O)c2cc(O)c(O)cc21. The molecule has 0 fully saturated rings. The topological polar surface area (TPSA) is 86.6 Å². The highest BCUT2D eigenvalue weighted by atomic mass is 16.3. The second-order valence-electron chi connectivity index (χ2n) is 2.67. The lowest BCUT2D eigenvalue weighted by Gasteiger charge is -1.98. The van der Waals surface area contributed by atoms with Crippen molar-refractivity contribution in [3.63, 3.8) is 0 Å². The molecule has 0 unspecified atom stereocenters. The first-order valence-electron chi connectivity index (χ1n) is 3.51. The maximum atomic E-state index is 11.0. The first-order chi connectivity index (χ1) is 6.09. The van der Waals surface area contributed by atoms with Crippen molar-refractivity contribution in [2.24, 2.45) is 0 Å². The van der Waals surface area contributed by atoms with E-state index in [1.165, 1.54) is 0 Å². The molecule has 1 aliphatic rings. The number of rotatable bonds is 0. The molecule has 5 nitrogen and oxygen atoms in total.